The van der Waals surface area contributed by atoms with E-state index in [-0.39, 0.29) is 0 Å². The summed E-state index contributed by atoms with van der Waals surface area (Å²) in [6.07, 6.45) is 1.05. The Morgan fingerprint density at radius 2 is 1.81 bits per heavy atom. The quantitative estimate of drug-likeness (QED) is 0.830. The normalized spacial score (nSPS) is 10.4. The van der Waals surface area contributed by atoms with E-state index in [1.165, 1.54) is 11.1 Å². The van der Waals surface area contributed by atoms with E-state index in [2.05, 4.69) is 41.5 Å². The van der Waals surface area contributed by atoms with Crippen LogP contribution < -0.4 is 11.1 Å². The molecule has 0 fully saturated rings. The van der Waals surface area contributed by atoms with Gasteiger partial charge in [-0.15, -0.1) is 0 Å². The van der Waals surface area contributed by atoms with Crippen molar-refractivity contribution in [2.45, 2.75) is 33.7 Å². The van der Waals surface area contributed by atoms with Crippen LogP contribution in [0.25, 0.3) is 0 Å². The lowest BCUT2D eigenvalue weighted by Crippen LogP contribution is -2.16. The molecule has 0 unspecified atom stereocenters. The number of thiocarbonyl (C=S) groups is 1. The van der Waals surface area contributed by atoms with E-state index >= 15 is 0 Å². The van der Waals surface area contributed by atoms with Crippen LogP contribution >= 0.6 is 12.2 Å². The third kappa shape index (κ3) is 3.79. The van der Waals surface area contributed by atoms with Crippen LogP contribution in [0.4, 0.5) is 5.82 Å². The summed E-state index contributed by atoms with van der Waals surface area (Å²) < 4.78 is 0. The van der Waals surface area contributed by atoms with Crippen molar-refractivity contribution < 1.29 is 0 Å². The first-order chi connectivity index (χ1) is 10.0. The summed E-state index contributed by atoms with van der Waals surface area (Å²) in [6.45, 7) is 6.83. The summed E-state index contributed by atoms with van der Waals surface area (Å²) in [5, 5.41) is 3.35. The van der Waals surface area contributed by atoms with Crippen molar-refractivity contribution in [1.82, 2.24) is 4.98 Å². The minimum Gasteiger partial charge on any atom is -0.389 e. The Kier molecular flexibility index (Phi) is 4.91. The van der Waals surface area contributed by atoms with Crippen LogP contribution in [0, 0.1) is 13.8 Å². The van der Waals surface area contributed by atoms with Gasteiger partial charge in [0.15, 0.2) is 0 Å². The molecular formula is C17H21N3S. The average molecular weight is 299 g/mol. The molecule has 0 aliphatic carbocycles. The third-order valence-corrected chi connectivity index (χ3v) is 3.69. The molecule has 110 valence electrons. The van der Waals surface area contributed by atoms with Crippen molar-refractivity contribution in [2.24, 2.45) is 5.73 Å². The summed E-state index contributed by atoms with van der Waals surface area (Å²) in [5.41, 5.74) is 11.2. The predicted octanol–water partition coefficient (Wildman–Crippen LogP) is 3.51. The Balaban J connectivity index is 2.20. The Labute approximate surface area is 131 Å². The van der Waals surface area contributed by atoms with Gasteiger partial charge in [0.1, 0.15) is 10.8 Å². The SMILES string of the molecule is CCc1ccc(CNc2nc(C)cc(C)c2C(N)=S)cc1. The number of benzene rings is 1. The van der Waals surface area contributed by atoms with Gasteiger partial charge >= 0.3 is 0 Å². The third-order valence-electron chi connectivity index (χ3n) is 3.48. The van der Waals surface area contributed by atoms with Gasteiger partial charge in [0.05, 0.1) is 5.56 Å². The van der Waals surface area contributed by atoms with E-state index in [1.807, 2.05) is 19.9 Å². The zero-order valence-corrected chi connectivity index (χ0v) is 13.6. The van der Waals surface area contributed by atoms with Gasteiger partial charge in [0.2, 0.25) is 0 Å². The lowest BCUT2D eigenvalue weighted by molar-refractivity contribution is 1.07. The van der Waals surface area contributed by atoms with E-state index in [0.29, 0.717) is 11.5 Å². The second-order valence-electron chi connectivity index (χ2n) is 5.19. The molecule has 4 heteroatoms. The van der Waals surface area contributed by atoms with E-state index in [1.54, 1.807) is 0 Å². The molecule has 0 amide bonds. The fourth-order valence-corrected chi connectivity index (χ4v) is 2.61. The molecule has 1 heterocycles. The van der Waals surface area contributed by atoms with Gasteiger partial charge < -0.3 is 11.1 Å². The highest BCUT2D eigenvalue weighted by Gasteiger charge is 2.11. The zero-order chi connectivity index (χ0) is 15.4. The number of hydrogen-bond acceptors (Lipinski definition) is 3. The maximum absolute atomic E-state index is 5.82. The van der Waals surface area contributed by atoms with E-state index in [4.69, 9.17) is 18.0 Å². The zero-order valence-electron chi connectivity index (χ0n) is 12.7. The highest BCUT2D eigenvalue weighted by atomic mass is 32.1. The van der Waals surface area contributed by atoms with Gasteiger partial charge in [0.25, 0.3) is 0 Å². The van der Waals surface area contributed by atoms with Crippen molar-refractivity contribution >= 4 is 23.0 Å². The number of nitrogens with zero attached hydrogens (tertiary/aromatic N) is 1. The topological polar surface area (TPSA) is 50.9 Å². The summed E-state index contributed by atoms with van der Waals surface area (Å²) in [7, 11) is 0. The van der Waals surface area contributed by atoms with Gasteiger partial charge in [-0.2, -0.15) is 0 Å². The van der Waals surface area contributed by atoms with Crippen LogP contribution in [-0.4, -0.2) is 9.97 Å². The molecule has 0 radical (unpaired) electrons. The molecule has 0 atom stereocenters. The van der Waals surface area contributed by atoms with Crippen molar-refractivity contribution in [3.63, 3.8) is 0 Å². The van der Waals surface area contributed by atoms with E-state index < -0.39 is 0 Å². The first-order valence-electron chi connectivity index (χ1n) is 7.11. The van der Waals surface area contributed by atoms with Crippen molar-refractivity contribution in [2.75, 3.05) is 5.32 Å². The predicted molar refractivity (Wildman–Crippen MR) is 92.7 cm³/mol. The second-order valence-corrected chi connectivity index (χ2v) is 5.63. The molecule has 1 aromatic carbocycles. The molecule has 0 saturated heterocycles. The lowest BCUT2D eigenvalue weighted by atomic mass is 10.1. The Hall–Kier alpha value is -1.94. The number of aryl methyl sites for hydroxylation is 3. The molecule has 1 aromatic heterocycles. The van der Waals surface area contributed by atoms with Crippen molar-refractivity contribution in [3.8, 4) is 0 Å². The van der Waals surface area contributed by atoms with Crippen molar-refractivity contribution in [3.05, 3.63) is 58.3 Å². The van der Waals surface area contributed by atoms with Gasteiger partial charge in [-0.05, 0) is 43.0 Å². The fraction of sp³-hybridized carbons (Fsp3) is 0.294. The van der Waals surface area contributed by atoms with Gasteiger partial charge in [-0.25, -0.2) is 4.98 Å². The smallest absolute Gasteiger partial charge is 0.137 e. The summed E-state index contributed by atoms with van der Waals surface area (Å²) in [6, 6.07) is 10.6. The Morgan fingerprint density at radius 3 is 2.38 bits per heavy atom. The van der Waals surface area contributed by atoms with E-state index in [9.17, 15) is 0 Å². The number of aromatic nitrogens is 1. The molecule has 0 bridgehead atoms. The molecule has 0 spiro atoms. The highest BCUT2D eigenvalue weighted by molar-refractivity contribution is 7.80. The highest BCUT2D eigenvalue weighted by Crippen LogP contribution is 2.19. The molecule has 21 heavy (non-hydrogen) atoms. The first kappa shape index (κ1) is 15.4. The molecule has 0 aliphatic heterocycles. The minimum absolute atomic E-state index is 0.379. The molecule has 0 aliphatic rings. The van der Waals surface area contributed by atoms with Gasteiger partial charge in [0, 0.05) is 12.2 Å². The van der Waals surface area contributed by atoms with E-state index in [0.717, 1.165) is 29.1 Å². The molecule has 3 nitrogen and oxygen atoms in total. The fourth-order valence-electron chi connectivity index (χ4n) is 2.35. The second kappa shape index (κ2) is 6.68. The summed E-state index contributed by atoms with van der Waals surface area (Å²) >= 11 is 5.14. The van der Waals surface area contributed by atoms with Crippen LogP contribution in [0.3, 0.4) is 0 Å². The molecular weight excluding hydrogens is 278 g/mol. The molecule has 2 aromatic rings. The van der Waals surface area contributed by atoms with Crippen LogP contribution in [0.15, 0.2) is 30.3 Å². The Bertz CT molecular complexity index is 648. The number of pyridine rings is 1. The molecule has 0 saturated carbocycles. The monoisotopic (exact) mass is 299 g/mol. The van der Waals surface area contributed by atoms with Crippen molar-refractivity contribution in [1.29, 1.82) is 0 Å². The number of nitrogens with one attached hydrogen (secondary N) is 1. The summed E-state index contributed by atoms with van der Waals surface area (Å²) in [4.78, 5) is 4.90. The number of rotatable bonds is 5. The number of nitrogens with two attached hydrogens (primary N) is 1. The Morgan fingerprint density at radius 1 is 1.19 bits per heavy atom. The summed E-state index contributed by atoms with van der Waals surface area (Å²) in [5.74, 6) is 0.763. The van der Waals surface area contributed by atoms with Gasteiger partial charge in [-0.3, -0.25) is 0 Å². The number of hydrogen-bond donors (Lipinski definition) is 2. The molecule has 3 N–H and O–H groups in total. The van der Waals surface area contributed by atoms with Crippen LogP contribution in [0.2, 0.25) is 0 Å². The largest absolute Gasteiger partial charge is 0.389 e. The lowest BCUT2D eigenvalue weighted by Gasteiger charge is -2.14. The standard InChI is InChI=1S/C17H21N3S/c1-4-13-5-7-14(8-6-13)10-19-17-15(16(18)21)11(2)9-12(3)20-17/h5-9H,4,10H2,1-3H3,(H2,18,21)(H,19,20). The van der Waals surface area contributed by atoms with Crippen LogP contribution in [0.5, 0.6) is 0 Å². The maximum Gasteiger partial charge on any atom is 0.137 e. The maximum atomic E-state index is 5.82. The van der Waals surface area contributed by atoms with Crippen LogP contribution in [-0.2, 0) is 13.0 Å². The van der Waals surface area contributed by atoms with Gasteiger partial charge in [-0.1, -0.05) is 43.4 Å². The first-order valence-corrected chi connectivity index (χ1v) is 7.51. The molecule has 2 rings (SSSR count). The average Bonchev–Trinajstić information content (AvgIpc) is 2.44. The van der Waals surface area contributed by atoms with Crippen LogP contribution in [0.1, 0.15) is 34.9 Å². The minimum atomic E-state index is 0.379. The number of anilines is 1.